The lowest BCUT2D eigenvalue weighted by molar-refractivity contribution is 0.0918. The van der Waals surface area contributed by atoms with Crippen molar-refractivity contribution in [1.82, 2.24) is 19.6 Å². The molecule has 4 rings (SSSR count). The molecule has 0 radical (unpaired) electrons. The standard InChI is InChI=1S/C10H8BrFN2O.C10H9FN2O/c1-6(15)14-10-4-7(12)2-3-8(10)9(5-11)13-14;1-6-9-4-3-8(11)5-10(9)13(12-6)7(2)14/h2-4H,5H2,1H3;3-5H,1-2H3. The zero-order chi connectivity index (χ0) is 21.3. The van der Waals surface area contributed by atoms with E-state index in [2.05, 4.69) is 26.1 Å². The molecule has 0 saturated heterocycles. The van der Waals surface area contributed by atoms with Crippen LogP contribution in [0.3, 0.4) is 0 Å². The second kappa shape index (κ2) is 8.20. The maximum absolute atomic E-state index is 13.0. The number of nitrogens with zero attached hydrogens (tertiary/aromatic N) is 4. The summed E-state index contributed by atoms with van der Waals surface area (Å²) in [6, 6.07) is 8.62. The third kappa shape index (κ3) is 4.09. The van der Waals surface area contributed by atoms with E-state index < -0.39 is 0 Å². The van der Waals surface area contributed by atoms with Gasteiger partial charge in [-0.15, -0.1) is 0 Å². The highest BCUT2D eigenvalue weighted by atomic mass is 79.9. The van der Waals surface area contributed by atoms with Gasteiger partial charge in [0.1, 0.15) is 11.6 Å². The largest absolute Gasteiger partial charge is 0.273 e. The van der Waals surface area contributed by atoms with Crippen LogP contribution in [0, 0.1) is 18.6 Å². The minimum absolute atomic E-state index is 0.214. The molecule has 4 aromatic rings. The van der Waals surface area contributed by atoms with Crippen LogP contribution in [0.4, 0.5) is 8.78 Å². The highest BCUT2D eigenvalue weighted by molar-refractivity contribution is 9.08. The third-order valence-electron chi connectivity index (χ3n) is 4.27. The quantitative estimate of drug-likeness (QED) is 0.378. The molecule has 2 aromatic carbocycles. The summed E-state index contributed by atoms with van der Waals surface area (Å²) in [5.74, 6) is -1.17. The molecule has 0 saturated carbocycles. The monoisotopic (exact) mass is 462 g/mol. The van der Waals surface area contributed by atoms with Gasteiger partial charge >= 0.3 is 0 Å². The Bertz CT molecular complexity index is 1250. The molecule has 150 valence electrons. The van der Waals surface area contributed by atoms with E-state index in [1.165, 1.54) is 47.5 Å². The summed E-state index contributed by atoms with van der Waals surface area (Å²) in [4.78, 5) is 22.4. The molecule has 2 heterocycles. The van der Waals surface area contributed by atoms with Crippen molar-refractivity contribution < 1.29 is 18.4 Å². The molecule has 6 nitrogen and oxygen atoms in total. The number of carbonyl (C=O) groups is 2. The van der Waals surface area contributed by atoms with Crippen LogP contribution in [0.1, 0.15) is 34.8 Å². The molecule has 0 aliphatic carbocycles. The van der Waals surface area contributed by atoms with E-state index in [1.54, 1.807) is 19.1 Å². The van der Waals surface area contributed by atoms with Crippen LogP contribution in [-0.2, 0) is 5.33 Å². The third-order valence-corrected chi connectivity index (χ3v) is 4.80. The lowest BCUT2D eigenvalue weighted by Gasteiger charge is -1.95. The van der Waals surface area contributed by atoms with Crippen LogP contribution in [0.25, 0.3) is 21.8 Å². The van der Waals surface area contributed by atoms with Gasteiger partial charge in [0.15, 0.2) is 0 Å². The maximum Gasteiger partial charge on any atom is 0.244 e. The van der Waals surface area contributed by atoms with Gasteiger partial charge in [0.25, 0.3) is 0 Å². The van der Waals surface area contributed by atoms with Crippen molar-refractivity contribution in [1.29, 1.82) is 0 Å². The zero-order valence-electron chi connectivity index (χ0n) is 15.9. The highest BCUT2D eigenvalue weighted by Crippen LogP contribution is 2.21. The number of benzene rings is 2. The Balaban J connectivity index is 0.000000166. The van der Waals surface area contributed by atoms with Crippen molar-refractivity contribution in [2.75, 3.05) is 0 Å². The first-order valence-electron chi connectivity index (χ1n) is 8.62. The van der Waals surface area contributed by atoms with Crippen molar-refractivity contribution in [3.8, 4) is 0 Å². The Labute approximate surface area is 173 Å². The zero-order valence-corrected chi connectivity index (χ0v) is 17.5. The van der Waals surface area contributed by atoms with Gasteiger partial charge in [-0.05, 0) is 31.2 Å². The van der Waals surface area contributed by atoms with Crippen LogP contribution in [0.5, 0.6) is 0 Å². The number of hydrogen-bond acceptors (Lipinski definition) is 4. The van der Waals surface area contributed by atoms with Gasteiger partial charge in [-0.25, -0.2) is 8.78 Å². The molecule has 0 atom stereocenters. The molecule has 0 N–H and O–H groups in total. The van der Waals surface area contributed by atoms with E-state index in [4.69, 9.17) is 0 Å². The smallest absolute Gasteiger partial charge is 0.244 e. The number of fused-ring (bicyclic) bond motifs is 2. The fourth-order valence-corrected chi connectivity index (χ4v) is 3.39. The van der Waals surface area contributed by atoms with Crippen LogP contribution in [-0.4, -0.2) is 31.4 Å². The summed E-state index contributed by atoms with van der Waals surface area (Å²) in [6.07, 6.45) is 0. The Morgan fingerprint density at radius 3 is 1.90 bits per heavy atom. The van der Waals surface area contributed by atoms with Crippen molar-refractivity contribution in [3.05, 3.63) is 59.4 Å². The summed E-state index contributed by atoms with van der Waals surface area (Å²) in [5, 5.41) is 10.3. The SMILES string of the molecule is CC(=O)n1nc(C)c2ccc(F)cc21.CC(=O)n1nc(CBr)c2ccc(F)cc21. The van der Waals surface area contributed by atoms with E-state index in [0.717, 1.165) is 22.2 Å². The number of rotatable bonds is 1. The van der Waals surface area contributed by atoms with Crippen molar-refractivity contribution >= 4 is 49.6 Å². The second-order valence-electron chi connectivity index (χ2n) is 6.35. The van der Waals surface area contributed by atoms with E-state index in [9.17, 15) is 18.4 Å². The molecule has 0 bridgehead atoms. The average Bonchev–Trinajstić information content (AvgIpc) is 3.19. The molecule has 0 aliphatic rings. The number of aromatic nitrogens is 4. The minimum Gasteiger partial charge on any atom is -0.273 e. The first kappa shape index (κ1) is 20.8. The first-order valence-corrected chi connectivity index (χ1v) is 9.75. The predicted octanol–water partition coefficient (Wildman–Crippen LogP) is 4.87. The summed E-state index contributed by atoms with van der Waals surface area (Å²) in [6.45, 7) is 4.59. The predicted molar refractivity (Wildman–Crippen MR) is 109 cm³/mol. The molecule has 0 unspecified atom stereocenters. The molecular formula is C20H17BrF2N4O2. The van der Waals surface area contributed by atoms with E-state index >= 15 is 0 Å². The number of halogens is 3. The summed E-state index contributed by atoms with van der Waals surface area (Å²) < 4.78 is 28.4. The molecule has 0 fully saturated rings. The molecule has 0 aliphatic heterocycles. The van der Waals surface area contributed by atoms with Gasteiger partial charge in [0.2, 0.25) is 11.8 Å². The van der Waals surface area contributed by atoms with Gasteiger partial charge in [0.05, 0.1) is 22.4 Å². The van der Waals surface area contributed by atoms with Gasteiger partial charge in [-0.3, -0.25) is 9.59 Å². The first-order chi connectivity index (χ1) is 13.7. The number of carbonyl (C=O) groups excluding carboxylic acids is 2. The Kier molecular flexibility index (Phi) is 5.88. The Morgan fingerprint density at radius 2 is 1.38 bits per heavy atom. The minimum atomic E-state index is -0.369. The molecular weight excluding hydrogens is 446 g/mol. The van der Waals surface area contributed by atoms with Crippen LogP contribution >= 0.6 is 15.9 Å². The summed E-state index contributed by atoms with van der Waals surface area (Å²) in [7, 11) is 0. The maximum atomic E-state index is 13.0. The molecule has 0 spiro atoms. The molecule has 0 amide bonds. The van der Waals surface area contributed by atoms with Gasteiger partial charge < -0.3 is 0 Å². The van der Waals surface area contributed by atoms with Crippen molar-refractivity contribution in [2.45, 2.75) is 26.1 Å². The Hall–Kier alpha value is -2.94. The van der Waals surface area contributed by atoms with Crippen LogP contribution in [0.2, 0.25) is 0 Å². The topological polar surface area (TPSA) is 69.8 Å². The van der Waals surface area contributed by atoms with E-state index in [-0.39, 0.29) is 23.4 Å². The fraction of sp³-hybridized carbons (Fsp3) is 0.200. The van der Waals surface area contributed by atoms with Gasteiger partial charge in [-0.2, -0.15) is 19.6 Å². The summed E-state index contributed by atoms with van der Waals surface area (Å²) in [5.41, 5.74) is 2.50. The summed E-state index contributed by atoms with van der Waals surface area (Å²) >= 11 is 3.28. The van der Waals surface area contributed by atoms with Gasteiger partial charge in [-0.1, -0.05) is 15.9 Å². The lowest BCUT2D eigenvalue weighted by atomic mass is 10.2. The fourth-order valence-electron chi connectivity index (χ4n) is 2.98. The molecule has 9 heteroatoms. The van der Waals surface area contributed by atoms with Crippen molar-refractivity contribution in [3.63, 3.8) is 0 Å². The Morgan fingerprint density at radius 1 is 0.897 bits per heavy atom. The van der Waals surface area contributed by atoms with E-state index in [0.29, 0.717) is 16.4 Å². The number of hydrogen-bond donors (Lipinski definition) is 0. The van der Waals surface area contributed by atoms with Crippen LogP contribution < -0.4 is 0 Å². The average molecular weight is 463 g/mol. The highest BCUT2D eigenvalue weighted by Gasteiger charge is 2.13. The van der Waals surface area contributed by atoms with Crippen LogP contribution in [0.15, 0.2) is 36.4 Å². The van der Waals surface area contributed by atoms with E-state index in [1.807, 2.05) is 0 Å². The molecule has 2 aromatic heterocycles. The number of aryl methyl sites for hydroxylation is 1. The van der Waals surface area contributed by atoms with Gasteiger partial charge in [0, 0.05) is 42.1 Å². The van der Waals surface area contributed by atoms with Crippen molar-refractivity contribution in [2.24, 2.45) is 0 Å². The number of alkyl halides is 1. The normalized spacial score (nSPS) is 10.8. The lowest BCUT2D eigenvalue weighted by Crippen LogP contribution is -2.07. The molecule has 29 heavy (non-hydrogen) atoms. The second-order valence-corrected chi connectivity index (χ2v) is 6.91.